The van der Waals surface area contributed by atoms with Crippen LogP contribution in [0.25, 0.3) is 11.1 Å². The SMILES string of the molecule is COC(=O)C(CCSC)NC(=O)c1ccc(CN2CCSC[C@H]2COCC2CCCCC2)cc1-c1ccccc1C. The van der Waals surface area contributed by atoms with E-state index in [-0.39, 0.29) is 5.91 Å². The van der Waals surface area contributed by atoms with Gasteiger partial charge in [0.15, 0.2) is 0 Å². The smallest absolute Gasteiger partial charge is 0.328 e. The number of amides is 1. The lowest BCUT2D eigenvalue weighted by Crippen LogP contribution is -2.44. The molecule has 1 unspecified atom stereocenters. The van der Waals surface area contributed by atoms with Crippen molar-refractivity contribution in [3.05, 3.63) is 59.2 Å². The fourth-order valence-corrected chi connectivity index (χ4v) is 7.44. The predicted molar refractivity (Wildman–Crippen MR) is 172 cm³/mol. The number of carbonyl (C=O) groups excluding carboxylic acids is 2. The van der Waals surface area contributed by atoms with Gasteiger partial charge in [0.25, 0.3) is 5.91 Å². The Kier molecular flexibility index (Phi) is 12.9. The molecule has 1 heterocycles. The average Bonchev–Trinajstić information content (AvgIpc) is 3.00. The third-order valence-electron chi connectivity index (χ3n) is 8.29. The summed E-state index contributed by atoms with van der Waals surface area (Å²) >= 11 is 3.65. The van der Waals surface area contributed by atoms with Gasteiger partial charge in [-0.3, -0.25) is 9.69 Å². The highest BCUT2D eigenvalue weighted by Gasteiger charge is 2.26. The lowest BCUT2D eigenvalue weighted by molar-refractivity contribution is -0.142. The van der Waals surface area contributed by atoms with Gasteiger partial charge in [0.05, 0.1) is 13.7 Å². The monoisotopic (exact) mass is 598 g/mol. The number of benzene rings is 2. The number of thioether (sulfide) groups is 2. The Bertz CT molecular complexity index is 1140. The summed E-state index contributed by atoms with van der Waals surface area (Å²) in [4.78, 5) is 28.5. The van der Waals surface area contributed by atoms with Crippen molar-refractivity contribution in [3.8, 4) is 11.1 Å². The van der Waals surface area contributed by atoms with Crippen LogP contribution >= 0.6 is 23.5 Å². The van der Waals surface area contributed by atoms with Gasteiger partial charge < -0.3 is 14.8 Å². The summed E-state index contributed by atoms with van der Waals surface area (Å²) in [6.07, 6.45) is 9.19. The van der Waals surface area contributed by atoms with Crippen LogP contribution in [0.15, 0.2) is 42.5 Å². The van der Waals surface area contributed by atoms with Crippen molar-refractivity contribution < 1.29 is 19.1 Å². The molecule has 1 saturated heterocycles. The Labute approximate surface area is 254 Å². The maximum Gasteiger partial charge on any atom is 0.328 e. The quantitative estimate of drug-likeness (QED) is 0.275. The van der Waals surface area contributed by atoms with Gasteiger partial charge in [-0.25, -0.2) is 4.79 Å². The van der Waals surface area contributed by atoms with Crippen molar-refractivity contribution in [1.29, 1.82) is 0 Å². The lowest BCUT2D eigenvalue weighted by atomic mass is 9.90. The first-order valence-corrected chi connectivity index (χ1v) is 17.5. The topological polar surface area (TPSA) is 67.9 Å². The molecule has 2 aromatic rings. The average molecular weight is 599 g/mol. The zero-order valence-corrected chi connectivity index (χ0v) is 26.5. The number of hydrogen-bond acceptors (Lipinski definition) is 7. The first kappa shape index (κ1) is 31.9. The molecule has 0 bridgehead atoms. The Balaban J connectivity index is 1.52. The molecule has 4 rings (SSSR count). The van der Waals surface area contributed by atoms with E-state index in [1.807, 2.05) is 36.2 Å². The number of ether oxygens (including phenoxy) is 2. The second-order valence-corrected chi connectivity index (χ2v) is 13.4. The van der Waals surface area contributed by atoms with E-state index in [1.165, 1.54) is 44.8 Å². The largest absolute Gasteiger partial charge is 0.467 e. The number of methoxy groups -OCH3 is 1. The zero-order valence-electron chi connectivity index (χ0n) is 24.9. The van der Waals surface area contributed by atoms with Crippen LogP contribution in [0.4, 0.5) is 0 Å². The molecule has 0 aromatic heterocycles. The molecular formula is C33H46N2O4S2. The molecule has 1 N–H and O–H groups in total. The molecular weight excluding hydrogens is 553 g/mol. The number of esters is 1. The minimum absolute atomic E-state index is 0.255. The molecule has 2 atom stereocenters. The van der Waals surface area contributed by atoms with E-state index in [2.05, 4.69) is 41.4 Å². The Morgan fingerprint density at radius 1 is 1.10 bits per heavy atom. The summed E-state index contributed by atoms with van der Waals surface area (Å²) in [5.74, 6) is 3.01. The summed E-state index contributed by atoms with van der Waals surface area (Å²) in [5, 5.41) is 2.95. The molecule has 2 fully saturated rings. The van der Waals surface area contributed by atoms with Gasteiger partial charge in [-0.05, 0) is 78.5 Å². The van der Waals surface area contributed by atoms with Crippen LogP contribution in [0.5, 0.6) is 0 Å². The van der Waals surface area contributed by atoms with E-state index in [0.29, 0.717) is 18.0 Å². The van der Waals surface area contributed by atoms with E-state index in [0.717, 1.165) is 66.2 Å². The van der Waals surface area contributed by atoms with E-state index in [9.17, 15) is 9.59 Å². The fourth-order valence-electron chi connectivity index (χ4n) is 5.86. The van der Waals surface area contributed by atoms with Gasteiger partial charge in [0, 0.05) is 42.8 Å². The maximum atomic E-state index is 13.6. The van der Waals surface area contributed by atoms with Crippen molar-refractivity contribution in [2.24, 2.45) is 5.92 Å². The van der Waals surface area contributed by atoms with E-state index >= 15 is 0 Å². The molecule has 1 aliphatic heterocycles. The first-order valence-electron chi connectivity index (χ1n) is 15.0. The Morgan fingerprint density at radius 2 is 1.90 bits per heavy atom. The second-order valence-electron chi connectivity index (χ2n) is 11.3. The Morgan fingerprint density at radius 3 is 2.66 bits per heavy atom. The number of aryl methyl sites for hydroxylation is 1. The van der Waals surface area contributed by atoms with Crippen LogP contribution in [0.2, 0.25) is 0 Å². The molecule has 224 valence electrons. The number of carbonyl (C=O) groups is 2. The molecule has 2 aliphatic rings. The van der Waals surface area contributed by atoms with Gasteiger partial charge in [-0.2, -0.15) is 23.5 Å². The van der Waals surface area contributed by atoms with Gasteiger partial charge in [0.2, 0.25) is 0 Å². The van der Waals surface area contributed by atoms with E-state index in [1.54, 1.807) is 11.8 Å². The minimum Gasteiger partial charge on any atom is -0.467 e. The van der Waals surface area contributed by atoms with Crippen LogP contribution in [0.3, 0.4) is 0 Å². The summed E-state index contributed by atoms with van der Waals surface area (Å²) in [5.41, 5.74) is 4.77. The summed E-state index contributed by atoms with van der Waals surface area (Å²) < 4.78 is 11.3. The van der Waals surface area contributed by atoms with Crippen LogP contribution in [-0.2, 0) is 20.8 Å². The minimum atomic E-state index is -0.676. The lowest BCUT2D eigenvalue weighted by Gasteiger charge is -2.35. The zero-order chi connectivity index (χ0) is 29.0. The second kappa shape index (κ2) is 16.6. The van der Waals surface area contributed by atoms with Crippen molar-refractivity contribution in [3.63, 3.8) is 0 Å². The number of hydrogen-bond donors (Lipinski definition) is 1. The highest BCUT2D eigenvalue weighted by Crippen LogP contribution is 2.30. The van der Waals surface area contributed by atoms with Crippen LogP contribution in [0.1, 0.15) is 60.0 Å². The summed E-state index contributed by atoms with van der Waals surface area (Å²) in [7, 11) is 1.36. The number of rotatable bonds is 13. The van der Waals surface area contributed by atoms with Crippen molar-refractivity contribution in [1.82, 2.24) is 10.2 Å². The molecule has 0 spiro atoms. The van der Waals surface area contributed by atoms with Gasteiger partial charge in [0.1, 0.15) is 6.04 Å². The van der Waals surface area contributed by atoms with Gasteiger partial charge >= 0.3 is 5.97 Å². The van der Waals surface area contributed by atoms with Gasteiger partial charge in [-0.1, -0.05) is 49.6 Å². The number of nitrogens with one attached hydrogen (secondary N) is 1. The standard InChI is InChI=1S/C33H46N2O4S2/c1-24-9-7-8-12-28(24)30-19-26(13-14-29(30)32(36)34-31(15-17-40-3)33(37)38-2)20-35-16-18-41-23-27(35)22-39-21-25-10-5-4-6-11-25/h7-9,12-14,19,25,27,31H,4-6,10-11,15-18,20-23H2,1-3H3,(H,34,36)/t27-,31?/m1/s1. The molecule has 41 heavy (non-hydrogen) atoms. The molecule has 6 nitrogen and oxygen atoms in total. The molecule has 1 aliphatic carbocycles. The third kappa shape index (κ3) is 9.24. The maximum absolute atomic E-state index is 13.6. The van der Waals surface area contributed by atoms with Gasteiger partial charge in [-0.15, -0.1) is 0 Å². The normalized spacial score (nSPS) is 19.0. The highest BCUT2D eigenvalue weighted by atomic mass is 32.2. The Hall–Kier alpha value is -2.00. The molecule has 2 aromatic carbocycles. The summed E-state index contributed by atoms with van der Waals surface area (Å²) in [6, 6.07) is 14.0. The van der Waals surface area contributed by atoms with Crippen LogP contribution in [-0.4, -0.2) is 79.2 Å². The van der Waals surface area contributed by atoms with Crippen molar-refractivity contribution in [2.45, 2.75) is 64.1 Å². The fraction of sp³-hybridized carbons (Fsp3) is 0.576. The predicted octanol–water partition coefficient (Wildman–Crippen LogP) is 6.20. The van der Waals surface area contributed by atoms with Crippen LogP contribution in [0, 0.1) is 12.8 Å². The van der Waals surface area contributed by atoms with Crippen LogP contribution < -0.4 is 5.32 Å². The first-order chi connectivity index (χ1) is 20.0. The van der Waals surface area contributed by atoms with E-state index in [4.69, 9.17) is 9.47 Å². The molecule has 1 saturated carbocycles. The van der Waals surface area contributed by atoms with Crippen molar-refractivity contribution >= 4 is 35.4 Å². The van der Waals surface area contributed by atoms with Crippen molar-refractivity contribution in [2.75, 3.05) is 50.4 Å². The summed E-state index contributed by atoms with van der Waals surface area (Å²) in [6.45, 7) is 5.58. The molecule has 1 amide bonds. The number of nitrogens with zero attached hydrogens (tertiary/aromatic N) is 1. The molecule has 0 radical (unpaired) electrons. The molecule has 8 heteroatoms. The highest BCUT2D eigenvalue weighted by molar-refractivity contribution is 7.99. The third-order valence-corrected chi connectivity index (χ3v) is 10.0. The van der Waals surface area contributed by atoms with E-state index < -0.39 is 12.0 Å².